The van der Waals surface area contributed by atoms with E-state index < -0.39 is 27.3 Å². The Bertz CT molecular complexity index is 785. The number of rotatable bonds is 4. The summed E-state index contributed by atoms with van der Waals surface area (Å²) in [7, 11) is -4.11. The van der Waals surface area contributed by atoms with Crippen LogP contribution in [0.15, 0.2) is 22.4 Å². The SMILES string of the molecule is Cc1cc(S(=O)(=O)Nc2c(F)ccc(C)c2F)sc1CO. The largest absolute Gasteiger partial charge is 0.391 e. The number of aliphatic hydroxyl groups excluding tert-OH is 1. The molecule has 0 atom stereocenters. The van der Waals surface area contributed by atoms with Gasteiger partial charge in [0.2, 0.25) is 0 Å². The van der Waals surface area contributed by atoms with Gasteiger partial charge < -0.3 is 5.11 Å². The molecule has 1 heterocycles. The predicted octanol–water partition coefficient (Wildman–Crippen LogP) is 2.94. The molecule has 2 aromatic rings. The molecule has 0 radical (unpaired) electrons. The van der Waals surface area contributed by atoms with E-state index in [1.54, 1.807) is 6.92 Å². The first kappa shape index (κ1) is 15.9. The van der Waals surface area contributed by atoms with Gasteiger partial charge in [0.15, 0.2) is 5.82 Å². The van der Waals surface area contributed by atoms with Crippen LogP contribution in [0.3, 0.4) is 0 Å². The molecule has 114 valence electrons. The minimum atomic E-state index is -4.11. The lowest BCUT2D eigenvalue weighted by Gasteiger charge is -2.09. The van der Waals surface area contributed by atoms with Crippen LogP contribution in [-0.4, -0.2) is 13.5 Å². The second-order valence-corrected chi connectivity index (χ2v) is 7.53. The smallest absolute Gasteiger partial charge is 0.271 e. The van der Waals surface area contributed by atoms with Crippen LogP contribution < -0.4 is 4.72 Å². The van der Waals surface area contributed by atoms with Crippen molar-refractivity contribution < 1.29 is 22.3 Å². The summed E-state index contributed by atoms with van der Waals surface area (Å²) in [6.45, 7) is 2.76. The molecule has 1 aromatic carbocycles. The average Bonchev–Trinajstić information content (AvgIpc) is 2.81. The lowest BCUT2D eigenvalue weighted by atomic mass is 10.2. The van der Waals surface area contributed by atoms with E-state index in [4.69, 9.17) is 5.11 Å². The summed E-state index contributed by atoms with van der Waals surface area (Å²) in [5.41, 5.74) is 0.0344. The van der Waals surface area contributed by atoms with Crippen LogP contribution in [-0.2, 0) is 16.6 Å². The molecule has 0 aliphatic carbocycles. The van der Waals surface area contributed by atoms with Crippen molar-refractivity contribution >= 4 is 27.0 Å². The van der Waals surface area contributed by atoms with Gasteiger partial charge in [-0.25, -0.2) is 17.2 Å². The van der Waals surface area contributed by atoms with Crippen LogP contribution in [0.4, 0.5) is 14.5 Å². The van der Waals surface area contributed by atoms with Crippen LogP contribution >= 0.6 is 11.3 Å². The first-order valence-electron chi connectivity index (χ1n) is 5.94. The van der Waals surface area contributed by atoms with E-state index in [1.807, 2.05) is 4.72 Å². The fourth-order valence-electron chi connectivity index (χ4n) is 1.71. The Kier molecular flexibility index (Phi) is 4.31. The number of sulfonamides is 1. The Morgan fingerprint density at radius 2 is 1.90 bits per heavy atom. The quantitative estimate of drug-likeness (QED) is 0.904. The van der Waals surface area contributed by atoms with E-state index >= 15 is 0 Å². The number of nitrogens with one attached hydrogen (secondary N) is 1. The molecule has 2 N–H and O–H groups in total. The third kappa shape index (κ3) is 3.07. The van der Waals surface area contributed by atoms with E-state index in [0.29, 0.717) is 10.4 Å². The van der Waals surface area contributed by atoms with Crippen molar-refractivity contribution in [3.63, 3.8) is 0 Å². The maximum absolute atomic E-state index is 13.9. The summed E-state index contributed by atoms with van der Waals surface area (Å²) >= 11 is 0.856. The van der Waals surface area contributed by atoms with Crippen LogP contribution in [0.2, 0.25) is 0 Å². The number of benzene rings is 1. The molecule has 8 heteroatoms. The molecule has 2 rings (SSSR count). The van der Waals surface area contributed by atoms with E-state index in [9.17, 15) is 17.2 Å². The highest BCUT2D eigenvalue weighted by Crippen LogP contribution is 2.29. The van der Waals surface area contributed by atoms with Gasteiger partial charge in [-0.15, -0.1) is 11.3 Å². The van der Waals surface area contributed by atoms with Crippen molar-refractivity contribution in [2.45, 2.75) is 24.7 Å². The molecule has 0 saturated heterocycles. The molecule has 21 heavy (non-hydrogen) atoms. The van der Waals surface area contributed by atoms with E-state index in [0.717, 1.165) is 17.4 Å². The molecule has 4 nitrogen and oxygen atoms in total. The van der Waals surface area contributed by atoms with Crippen molar-refractivity contribution in [3.8, 4) is 0 Å². The van der Waals surface area contributed by atoms with Crippen molar-refractivity contribution in [2.24, 2.45) is 0 Å². The van der Waals surface area contributed by atoms with Gasteiger partial charge in [-0.3, -0.25) is 4.72 Å². The molecule has 0 amide bonds. The van der Waals surface area contributed by atoms with E-state index in [-0.39, 0.29) is 16.4 Å². The Morgan fingerprint density at radius 3 is 2.48 bits per heavy atom. The zero-order chi connectivity index (χ0) is 15.8. The minimum absolute atomic E-state index is 0.107. The third-order valence-corrected chi connectivity index (χ3v) is 5.97. The van der Waals surface area contributed by atoms with Crippen molar-refractivity contribution in [2.75, 3.05) is 4.72 Å². The highest BCUT2D eigenvalue weighted by atomic mass is 32.2. The molecular formula is C13H13F2NO3S2. The Labute approximate surface area is 125 Å². The first-order valence-corrected chi connectivity index (χ1v) is 8.24. The maximum atomic E-state index is 13.9. The maximum Gasteiger partial charge on any atom is 0.271 e. The highest BCUT2D eigenvalue weighted by molar-refractivity contribution is 7.94. The van der Waals surface area contributed by atoms with Crippen LogP contribution in [0.5, 0.6) is 0 Å². The molecule has 0 aliphatic rings. The molecule has 0 fully saturated rings. The topological polar surface area (TPSA) is 66.4 Å². The summed E-state index contributed by atoms with van der Waals surface area (Å²) in [5.74, 6) is -1.94. The number of aliphatic hydroxyl groups is 1. The van der Waals surface area contributed by atoms with Crippen LogP contribution in [0, 0.1) is 25.5 Å². The van der Waals surface area contributed by atoms with Gasteiger partial charge >= 0.3 is 0 Å². The highest BCUT2D eigenvalue weighted by Gasteiger charge is 2.23. The summed E-state index contributed by atoms with van der Waals surface area (Å²) in [4.78, 5) is 0.487. The van der Waals surface area contributed by atoms with Crippen molar-refractivity contribution in [3.05, 3.63) is 45.8 Å². The second kappa shape index (κ2) is 5.70. The molecule has 0 saturated carbocycles. The fourth-order valence-corrected chi connectivity index (χ4v) is 4.23. The number of hydrogen-bond donors (Lipinski definition) is 2. The second-order valence-electron chi connectivity index (χ2n) is 4.49. The van der Waals surface area contributed by atoms with Crippen LogP contribution in [0.1, 0.15) is 16.0 Å². The Balaban J connectivity index is 2.44. The fraction of sp³-hybridized carbons (Fsp3) is 0.231. The predicted molar refractivity (Wildman–Crippen MR) is 76.9 cm³/mol. The summed E-state index contributed by atoms with van der Waals surface area (Å²) < 4.78 is 53.7. The van der Waals surface area contributed by atoms with Gasteiger partial charge in [0.1, 0.15) is 15.7 Å². The molecule has 0 bridgehead atoms. The monoisotopic (exact) mass is 333 g/mol. The van der Waals surface area contributed by atoms with Crippen molar-refractivity contribution in [1.29, 1.82) is 0 Å². The molecule has 0 spiro atoms. The number of anilines is 1. The zero-order valence-electron chi connectivity index (χ0n) is 11.3. The normalized spacial score (nSPS) is 11.7. The van der Waals surface area contributed by atoms with Gasteiger partial charge in [0, 0.05) is 4.88 Å². The van der Waals surface area contributed by atoms with Gasteiger partial charge in [0.25, 0.3) is 10.0 Å². The van der Waals surface area contributed by atoms with E-state index in [2.05, 4.69) is 0 Å². The number of halogens is 2. The third-order valence-electron chi connectivity index (χ3n) is 2.93. The summed E-state index contributed by atoms with van der Waals surface area (Å²) in [6.07, 6.45) is 0. The molecule has 0 unspecified atom stereocenters. The first-order chi connectivity index (χ1) is 9.76. The van der Waals surface area contributed by atoms with Gasteiger partial charge in [0.05, 0.1) is 6.61 Å². The van der Waals surface area contributed by atoms with Crippen LogP contribution in [0.25, 0.3) is 0 Å². The summed E-state index contributed by atoms with van der Waals surface area (Å²) in [6, 6.07) is 3.57. The lowest BCUT2D eigenvalue weighted by molar-refractivity contribution is 0.285. The summed E-state index contributed by atoms with van der Waals surface area (Å²) in [5, 5.41) is 9.09. The van der Waals surface area contributed by atoms with Crippen molar-refractivity contribution in [1.82, 2.24) is 0 Å². The van der Waals surface area contributed by atoms with Gasteiger partial charge in [-0.1, -0.05) is 6.07 Å². The zero-order valence-corrected chi connectivity index (χ0v) is 12.9. The Hall–Kier alpha value is -1.51. The Morgan fingerprint density at radius 1 is 1.24 bits per heavy atom. The van der Waals surface area contributed by atoms with Gasteiger partial charge in [-0.2, -0.15) is 0 Å². The number of hydrogen-bond acceptors (Lipinski definition) is 4. The lowest BCUT2D eigenvalue weighted by Crippen LogP contribution is -2.14. The standard InChI is InChI=1S/C13H13F2NO3S2/c1-7-3-4-9(14)13(12(7)15)16-21(18,19)11-5-8(2)10(6-17)20-11/h3-5,16-17H,6H2,1-2H3. The minimum Gasteiger partial charge on any atom is -0.391 e. The molecular weight excluding hydrogens is 320 g/mol. The average molecular weight is 333 g/mol. The molecule has 0 aliphatic heterocycles. The van der Waals surface area contributed by atoms with Gasteiger partial charge in [-0.05, 0) is 37.1 Å². The number of thiophene rings is 1. The van der Waals surface area contributed by atoms with E-state index in [1.165, 1.54) is 19.1 Å². The molecule has 1 aromatic heterocycles. The number of aryl methyl sites for hydroxylation is 2.